The first-order valence-corrected chi connectivity index (χ1v) is 15.2. The summed E-state index contributed by atoms with van der Waals surface area (Å²) in [4.78, 5) is 24.9. The average molecular weight is 636 g/mol. The van der Waals surface area contributed by atoms with Gasteiger partial charge in [0.15, 0.2) is 5.83 Å². The fourth-order valence-electron chi connectivity index (χ4n) is 6.73. The Morgan fingerprint density at radius 1 is 1.22 bits per heavy atom. The Bertz CT molecular complexity index is 1750. The van der Waals surface area contributed by atoms with Crippen molar-refractivity contribution in [2.45, 2.75) is 44.3 Å². The predicted molar refractivity (Wildman–Crippen MR) is 164 cm³/mol. The second-order valence-electron chi connectivity index (χ2n) is 11.7. The van der Waals surface area contributed by atoms with Crippen LogP contribution >= 0.6 is 11.6 Å². The Kier molecular flexibility index (Phi) is 8.49. The topological polar surface area (TPSA) is 128 Å². The molecule has 3 aliphatic heterocycles. The standard InChI is InChI=1S/C31H32ClF2N9O2/c1-18(33)31(44)43-11-10-42(15-19(43)5-7-35)28-21-6-9-41(29-23-14-37-39-25(23)12-24(34)27(29)32)16-26(21)38-30(22(28)13-36)45-17-20-4-3-8-40(20)2/h12,14,19-20H,1,3-6,8-11,15-17H2,2H3,(H,37,39). The van der Waals surface area contributed by atoms with Crippen molar-refractivity contribution >= 4 is 39.8 Å². The van der Waals surface area contributed by atoms with Gasteiger partial charge in [0.1, 0.15) is 29.1 Å². The summed E-state index contributed by atoms with van der Waals surface area (Å²) in [6.45, 7) is 5.82. The molecule has 0 bridgehead atoms. The highest BCUT2D eigenvalue weighted by Crippen LogP contribution is 2.42. The van der Waals surface area contributed by atoms with Gasteiger partial charge in [-0.25, -0.2) is 13.8 Å². The van der Waals surface area contributed by atoms with E-state index < -0.39 is 23.6 Å². The van der Waals surface area contributed by atoms with Crippen molar-refractivity contribution in [1.29, 1.82) is 10.5 Å². The molecule has 0 radical (unpaired) electrons. The van der Waals surface area contributed by atoms with Gasteiger partial charge in [-0.15, -0.1) is 0 Å². The molecule has 1 aromatic carbocycles. The molecular weight excluding hydrogens is 604 g/mol. The monoisotopic (exact) mass is 635 g/mol. The van der Waals surface area contributed by atoms with Crippen LogP contribution in [-0.2, 0) is 17.8 Å². The minimum absolute atomic E-state index is 0.0171. The van der Waals surface area contributed by atoms with Crippen LogP contribution in [0.4, 0.5) is 20.2 Å². The van der Waals surface area contributed by atoms with Crippen LogP contribution in [0.3, 0.4) is 0 Å². The molecule has 6 rings (SSSR count). The van der Waals surface area contributed by atoms with E-state index in [9.17, 15) is 24.1 Å². The summed E-state index contributed by atoms with van der Waals surface area (Å²) in [5.41, 5.74) is 3.40. The summed E-state index contributed by atoms with van der Waals surface area (Å²) in [7, 11) is 2.04. The molecule has 0 saturated carbocycles. The third-order valence-electron chi connectivity index (χ3n) is 9.04. The molecule has 45 heavy (non-hydrogen) atoms. The Morgan fingerprint density at radius 3 is 2.76 bits per heavy atom. The third-order valence-corrected chi connectivity index (χ3v) is 9.40. The Labute approximate surface area is 264 Å². The van der Waals surface area contributed by atoms with Crippen molar-refractivity contribution in [3.8, 4) is 18.0 Å². The largest absolute Gasteiger partial charge is 0.475 e. The van der Waals surface area contributed by atoms with E-state index in [1.165, 1.54) is 11.0 Å². The van der Waals surface area contributed by atoms with Crippen molar-refractivity contribution in [1.82, 2.24) is 25.0 Å². The number of benzene rings is 1. The minimum Gasteiger partial charge on any atom is -0.475 e. The van der Waals surface area contributed by atoms with E-state index in [4.69, 9.17) is 21.3 Å². The predicted octanol–water partition coefficient (Wildman–Crippen LogP) is 4.07. The number of aromatic amines is 1. The number of nitrogens with zero attached hydrogens (tertiary/aromatic N) is 8. The maximum Gasteiger partial charge on any atom is 0.282 e. The van der Waals surface area contributed by atoms with E-state index in [2.05, 4.69) is 33.8 Å². The number of piperazine rings is 1. The van der Waals surface area contributed by atoms with Crippen LogP contribution in [0.5, 0.6) is 5.88 Å². The van der Waals surface area contributed by atoms with Crippen LogP contribution in [0.15, 0.2) is 24.7 Å². The molecular formula is C31H32ClF2N9O2. The number of carbonyl (C=O) groups excluding carboxylic acids is 1. The fraction of sp³-hybridized carbons (Fsp3) is 0.452. The molecule has 2 saturated heterocycles. The van der Waals surface area contributed by atoms with Crippen molar-refractivity contribution in [3.63, 3.8) is 0 Å². The maximum absolute atomic E-state index is 14.9. The van der Waals surface area contributed by atoms with Gasteiger partial charge < -0.3 is 24.3 Å². The number of likely N-dealkylation sites (N-methyl/N-ethyl adjacent to an activating group) is 1. The maximum atomic E-state index is 14.9. The first-order valence-electron chi connectivity index (χ1n) is 14.8. The number of fused-ring (bicyclic) bond motifs is 2. The summed E-state index contributed by atoms with van der Waals surface area (Å²) in [5, 5.41) is 27.5. The number of halogens is 3. The molecule has 2 fully saturated rings. The van der Waals surface area contributed by atoms with Crippen LogP contribution in [0.25, 0.3) is 10.9 Å². The molecule has 234 valence electrons. The number of hydrogen-bond donors (Lipinski definition) is 1. The number of rotatable bonds is 7. The van der Waals surface area contributed by atoms with Gasteiger partial charge in [-0.1, -0.05) is 18.2 Å². The Balaban J connectivity index is 1.41. The molecule has 3 aliphatic rings. The Morgan fingerprint density at radius 2 is 2.04 bits per heavy atom. The molecule has 3 aromatic rings. The van der Waals surface area contributed by atoms with Gasteiger partial charge in [0, 0.05) is 49.2 Å². The van der Waals surface area contributed by atoms with Crippen LogP contribution in [0.2, 0.25) is 5.02 Å². The lowest BCUT2D eigenvalue weighted by molar-refractivity contribution is -0.131. The van der Waals surface area contributed by atoms with Crippen molar-refractivity contribution in [2.24, 2.45) is 0 Å². The molecule has 5 heterocycles. The zero-order valence-corrected chi connectivity index (χ0v) is 25.6. The molecule has 0 spiro atoms. The average Bonchev–Trinajstić information content (AvgIpc) is 3.67. The normalized spacial score (nSPS) is 20.2. The molecule has 1 amide bonds. The van der Waals surface area contributed by atoms with E-state index >= 15 is 0 Å². The van der Waals surface area contributed by atoms with Crippen molar-refractivity contribution in [3.05, 3.63) is 52.3 Å². The van der Waals surface area contributed by atoms with Gasteiger partial charge in [-0.3, -0.25) is 9.89 Å². The number of carbonyl (C=O) groups is 1. The number of H-pyrrole nitrogens is 1. The zero-order valence-electron chi connectivity index (χ0n) is 24.8. The molecule has 11 nitrogen and oxygen atoms in total. The van der Waals surface area contributed by atoms with E-state index in [-0.39, 0.29) is 48.6 Å². The lowest BCUT2D eigenvalue weighted by Crippen LogP contribution is -2.55. The molecule has 14 heteroatoms. The number of likely N-dealkylation sites (tertiary alicyclic amines) is 1. The lowest BCUT2D eigenvalue weighted by Gasteiger charge is -2.43. The van der Waals surface area contributed by atoms with Crippen LogP contribution < -0.4 is 14.5 Å². The van der Waals surface area contributed by atoms with Crippen LogP contribution in [-0.4, -0.2) is 89.4 Å². The lowest BCUT2D eigenvalue weighted by atomic mass is 9.96. The van der Waals surface area contributed by atoms with E-state index in [0.29, 0.717) is 54.1 Å². The van der Waals surface area contributed by atoms with Gasteiger partial charge in [-0.2, -0.15) is 15.6 Å². The van der Waals surface area contributed by atoms with Gasteiger partial charge in [0.25, 0.3) is 5.91 Å². The second-order valence-corrected chi connectivity index (χ2v) is 12.0. The number of pyridine rings is 1. The number of ether oxygens (including phenoxy) is 1. The molecule has 1 N–H and O–H groups in total. The molecule has 2 atom stereocenters. The number of nitriles is 2. The van der Waals surface area contributed by atoms with Gasteiger partial charge in [0.05, 0.1) is 53.9 Å². The summed E-state index contributed by atoms with van der Waals surface area (Å²) in [6, 6.07) is 5.30. The first kappa shape index (κ1) is 30.6. The highest BCUT2D eigenvalue weighted by Gasteiger charge is 2.37. The minimum atomic E-state index is -1.08. The summed E-state index contributed by atoms with van der Waals surface area (Å²) in [6.07, 6.45) is 4.06. The van der Waals surface area contributed by atoms with Crippen molar-refractivity contribution < 1.29 is 18.3 Å². The number of nitrogens with one attached hydrogen (secondary N) is 1. The molecule has 0 aliphatic carbocycles. The van der Waals surface area contributed by atoms with E-state index in [0.717, 1.165) is 24.9 Å². The van der Waals surface area contributed by atoms with Crippen molar-refractivity contribution in [2.75, 3.05) is 56.2 Å². The smallest absolute Gasteiger partial charge is 0.282 e. The third kappa shape index (κ3) is 5.62. The highest BCUT2D eigenvalue weighted by molar-refractivity contribution is 6.35. The number of aromatic nitrogens is 3. The van der Waals surface area contributed by atoms with Gasteiger partial charge >= 0.3 is 0 Å². The highest BCUT2D eigenvalue weighted by atomic mass is 35.5. The zero-order chi connectivity index (χ0) is 31.8. The molecule has 2 unspecified atom stereocenters. The number of anilines is 2. The quantitative estimate of drug-likeness (QED) is 0.382. The number of amides is 1. The first-order chi connectivity index (χ1) is 21.7. The second kappa shape index (κ2) is 12.5. The van der Waals surface area contributed by atoms with Crippen LogP contribution in [0.1, 0.15) is 36.1 Å². The van der Waals surface area contributed by atoms with E-state index in [1.54, 1.807) is 6.20 Å². The number of hydrogen-bond acceptors (Lipinski definition) is 9. The Hall–Kier alpha value is -4.46. The fourth-order valence-corrected chi connectivity index (χ4v) is 7.01. The summed E-state index contributed by atoms with van der Waals surface area (Å²) < 4.78 is 35.0. The SMILES string of the molecule is C=C(F)C(=O)N1CCN(c2c(C#N)c(OCC3CCCN3C)nc3c2CCN(c2c(Cl)c(F)cc4[nH]ncc24)C3)CC1CC#N. The van der Waals surface area contributed by atoms with Gasteiger partial charge in [0.2, 0.25) is 5.88 Å². The van der Waals surface area contributed by atoms with Crippen LogP contribution in [0, 0.1) is 28.5 Å². The summed E-state index contributed by atoms with van der Waals surface area (Å²) in [5.74, 6) is -2.30. The van der Waals surface area contributed by atoms with Gasteiger partial charge in [-0.05, 0) is 32.9 Å². The molecule has 2 aromatic heterocycles. The van der Waals surface area contributed by atoms with E-state index in [1.807, 2.05) is 16.8 Å². The summed E-state index contributed by atoms with van der Waals surface area (Å²) >= 11 is 6.51.